The Morgan fingerprint density at radius 2 is 2.25 bits per heavy atom. The Balaban J connectivity index is 1.82. The van der Waals surface area contributed by atoms with E-state index in [1.807, 2.05) is 13.8 Å². The lowest BCUT2D eigenvalue weighted by atomic mass is 10.0. The summed E-state index contributed by atoms with van der Waals surface area (Å²) in [6, 6.07) is 4.40. The van der Waals surface area contributed by atoms with E-state index in [-0.39, 0.29) is 11.7 Å². The molecule has 24 heavy (non-hydrogen) atoms. The maximum atomic E-state index is 14.2. The topological polar surface area (TPSA) is 63.1 Å². The van der Waals surface area contributed by atoms with Crippen LogP contribution in [-0.4, -0.2) is 34.0 Å². The van der Waals surface area contributed by atoms with Crippen LogP contribution in [0.5, 0.6) is 0 Å². The lowest BCUT2D eigenvalue weighted by Crippen LogP contribution is -2.43. The van der Waals surface area contributed by atoms with E-state index in [4.69, 9.17) is 0 Å². The predicted octanol–water partition coefficient (Wildman–Crippen LogP) is 2.20. The minimum Gasteiger partial charge on any atom is -0.311 e. The van der Waals surface area contributed by atoms with Crippen molar-refractivity contribution in [3.05, 3.63) is 41.5 Å². The van der Waals surface area contributed by atoms with E-state index in [9.17, 15) is 9.18 Å². The molecule has 3 rings (SSSR count). The number of nitrogens with zero attached hydrogens (tertiary/aromatic N) is 4. The van der Waals surface area contributed by atoms with E-state index >= 15 is 0 Å². The molecular formula is C17H22FN5O. The molecule has 0 saturated carbocycles. The molecule has 128 valence electrons. The van der Waals surface area contributed by atoms with Gasteiger partial charge >= 0.3 is 0 Å². The number of nitrogens with one attached hydrogen (secondary N) is 1. The van der Waals surface area contributed by atoms with Gasteiger partial charge in [-0.2, -0.15) is 0 Å². The van der Waals surface area contributed by atoms with Crippen LogP contribution in [0.1, 0.15) is 37.1 Å². The van der Waals surface area contributed by atoms with Crippen LogP contribution in [0.2, 0.25) is 0 Å². The maximum absolute atomic E-state index is 14.2. The molecule has 7 heteroatoms. The molecule has 6 nitrogen and oxygen atoms in total. The number of amides is 1. The molecule has 1 aliphatic heterocycles. The number of aryl methyl sites for hydroxylation is 1. The minimum atomic E-state index is -0.429. The SMILES string of the molecule is CCNCc1cn(C2CCCN(c3cc(C)ccc3F)C2=O)nn1. The van der Waals surface area contributed by atoms with E-state index < -0.39 is 6.04 Å². The molecular weight excluding hydrogens is 309 g/mol. The number of aromatic nitrogens is 3. The fraction of sp³-hybridized carbons (Fsp3) is 0.471. The highest BCUT2D eigenvalue weighted by Gasteiger charge is 2.33. The molecule has 1 aliphatic rings. The number of hydrogen-bond acceptors (Lipinski definition) is 4. The summed E-state index contributed by atoms with van der Waals surface area (Å²) in [4.78, 5) is 14.4. The Morgan fingerprint density at radius 1 is 1.42 bits per heavy atom. The Morgan fingerprint density at radius 3 is 3.04 bits per heavy atom. The van der Waals surface area contributed by atoms with Crippen molar-refractivity contribution in [2.45, 2.75) is 39.3 Å². The molecule has 1 fully saturated rings. The highest BCUT2D eigenvalue weighted by molar-refractivity contribution is 5.97. The smallest absolute Gasteiger partial charge is 0.251 e. The van der Waals surface area contributed by atoms with Crippen LogP contribution in [0.25, 0.3) is 0 Å². The van der Waals surface area contributed by atoms with E-state index in [0.29, 0.717) is 25.2 Å². The molecule has 1 saturated heterocycles. The third-order valence-corrected chi connectivity index (χ3v) is 4.24. The van der Waals surface area contributed by atoms with Gasteiger partial charge < -0.3 is 10.2 Å². The number of halogens is 1. The number of benzene rings is 1. The second-order valence-electron chi connectivity index (χ2n) is 6.07. The second-order valence-corrected chi connectivity index (χ2v) is 6.07. The van der Waals surface area contributed by atoms with Crippen LogP contribution in [0.3, 0.4) is 0 Å². The van der Waals surface area contributed by atoms with Gasteiger partial charge in [-0.05, 0) is 44.0 Å². The summed E-state index contributed by atoms with van der Waals surface area (Å²) >= 11 is 0. The monoisotopic (exact) mass is 331 g/mol. The summed E-state index contributed by atoms with van der Waals surface area (Å²) < 4.78 is 15.8. The number of hydrogen-bond donors (Lipinski definition) is 1. The zero-order chi connectivity index (χ0) is 17.1. The molecule has 0 radical (unpaired) electrons. The zero-order valence-electron chi connectivity index (χ0n) is 14.0. The number of carbonyl (C=O) groups is 1. The summed E-state index contributed by atoms with van der Waals surface area (Å²) in [5, 5.41) is 11.4. The van der Waals surface area contributed by atoms with Gasteiger partial charge in [0.05, 0.1) is 17.6 Å². The maximum Gasteiger partial charge on any atom is 0.251 e. The van der Waals surface area contributed by atoms with Gasteiger partial charge in [-0.25, -0.2) is 9.07 Å². The van der Waals surface area contributed by atoms with Crippen LogP contribution in [0.4, 0.5) is 10.1 Å². The summed E-state index contributed by atoms with van der Waals surface area (Å²) in [5.74, 6) is -0.508. The lowest BCUT2D eigenvalue weighted by molar-refractivity contribution is -0.123. The second kappa shape index (κ2) is 7.09. The molecule has 2 heterocycles. The highest BCUT2D eigenvalue weighted by Crippen LogP contribution is 2.29. The van der Waals surface area contributed by atoms with Crippen LogP contribution in [-0.2, 0) is 11.3 Å². The molecule has 0 aliphatic carbocycles. The van der Waals surface area contributed by atoms with Gasteiger partial charge in [0, 0.05) is 13.1 Å². The van der Waals surface area contributed by atoms with Crippen molar-refractivity contribution >= 4 is 11.6 Å². The van der Waals surface area contributed by atoms with Crippen molar-refractivity contribution in [2.24, 2.45) is 0 Å². The number of carbonyl (C=O) groups excluding carboxylic acids is 1. The third-order valence-electron chi connectivity index (χ3n) is 4.24. The van der Waals surface area contributed by atoms with E-state index in [1.54, 1.807) is 23.0 Å². The standard InChI is InChI=1S/C17H22FN5O/c1-3-19-10-13-11-23(21-20-13)15-5-4-8-22(17(15)24)16-9-12(2)6-7-14(16)18/h6-7,9,11,15,19H,3-5,8,10H2,1-2H3. The summed E-state index contributed by atoms with van der Waals surface area (Å²) in [6.07, 6.45) is 3.28. The van der Waals surface area contributed by atoms with E-state index in [1.165, 1.54) is 11.0 Å². The normalized spacial score (nSPS) is 18.2. The minimum absolute atomic E-state index is 0.134. The Bertz CT molecular complexity index is 730. The summed E-state index contributed by atoms with van der Waals surface area (Å²) in [5.41, 5.74) is 2.07. The first kappa shape index (κ1) is 16.6. The van der Waals surface area contributed by atoms with Crippen molar-refractivity contribution in [1.29, 1.82) is 0 Å². The van der Waals surface area contributed by atoms with Crippen molar-refractivity contribution in [2.75, 3.05) is 18.0 Å². The van der Waals surface area contributed by atoms with Gasteiger partial charge in [-0.3, -0.25) is 4.79 Å². The number of rotatable bonds is 5. The molecule has 0 bridgehead atoms. The highest BCUT2D eigenvalue weighted by atomic mass is 19.1. The molecule has 0 spiro atoms. The van der Waals surface area contributed by atoms with Gasteiger partial charge in [0.2, 0.25) is 0 Å². The number of anilines is 1. The molecule has 1 N–H and O–H groups in total. The van der Waals surface area contributed by atoms with Crippen LogP contribution < -0.4 is 10.2 Å². The lowest BCUT2D eigenvalue weighted by Gasteiger charge is -2.32. The Kier molecular flexibility index (Phi) is 4.89. The molecule has 1 aromatic heterocycles. The third kappa shape index (κ3) is 3.31. The van der Waals surface area contributed by atoms with Crippen LogP contribution in [0, 0.1) is 12.7 Å². The van der Waals surface area contributed by atoms with Crippen LogP contribution in [0.15, 0.2) is 24.4 Å². The average molecular weight is 331 g/mol. The van der Waals surface area contributed by atoms with Crippen molar-refractivity contribution in [3.8, 4) is 0 Å². The van der Waals surface area contributed by atoms with Gasteiger partial charge in [0.25, 0.3) is 5.91 Å². The quantitative estimate of drug-likeness (QED) is 0.912. The first-order valence-corrected chi connectivity index (χ1v) is 8.29. The largest absolute Gasteiger partial charge is 0.311 e. The average Bonchev–Trinajstić information content (AvgIpc) is 3.04. The van der Waals surface area contributed by atoms with Crippen molar-refractivity contribution < 1.29 is 9.18 Å². The Labute approximate surface area is 140 Å². The van der Waals surface area contributed by atoms with Gasteiger partial charge in [0.15, 0.2) is 0 Å². The first-order valence-electron chi connectivity index (χ1n) is 8.29. The van der Waals surface area contributed by atoms with E-state index in [2.05, 4.69) is 15.6 Å². The van der Waals surface area contributed by atoms with Gasteiger partial charge in [-0.15, -0.1) is 5.10 Å². The molecule has 2 aromatic rings. The van der Waals surface area contributed by atoms with Gasteiger partial charge in [0.1, 0.15) is 11.9 Å². The fourth-order valence-corrected chi connectivity index (χ4v) is 2.97. The van der Waals surface area contributed by atoms with Crippen LogP contribution >= 0.6 is 0 Å². The van der Waals surface area contributed by atoms with Crippen molar-refractivity contribution in [1.82, 2.24) is 20.3 Å². The number of piperidine rings is 1. The van der Waals surface area contributed by atoms with Gasteiger partial charge in [-0.1, -0.05) is 18.2 Å². The predicted molar refractivity (Wildman–Crippen MR) is 89.2 cm³/mol. The Hall–Kier alpha value is -2.28. The molecule has 1 aromatic carbocycles. The molecule has 1 unspecified atom stereocenters. The zero-order valence-corrected chi connectivity index (χ0v) is 14.0. The summed E-state index contributed by atoms with van der Waals surface area (Å²) in [7, 11) is 0. The molecule has 1 atom stereocenters. The van der Waals surface area contributed by atoms with Crippen molar-refractivity contribution in [3.63, 3.8) is 0 Å². The first-order chi connectivity index (χ1) is 11.6. The fourth-order valence-electron chi connectivity index (χ4n) is 2.97. The molecule has 1 amide bonds. The van der Waals surface area contributed by atoms with E-state index in [0.717, 1.165) is 24.2 Å². The summed E-state index contributed by atoms with van der Waals surface area (Å²) in [6.45, 7) is 5.89.